The van der Waals surface area contributed by atoms with Gasteiger partial charge in [-0.1, -0.05) is 11.6 Å². The van der Waals surface area contributed by atoms with Gasteiger partial charge in [0.2, 0.25) is 0 Å². The highest BCUT2D eigenvalue weighted by molar-refractivity contribution is 7.18. The number of aryl methyl sites for hydroxylation is 3. The van der Waals surface area contributed by atoms with Crippen molar-refractivity contribution in [1.29, 1.82) is 5.26 Å². The summed E-state index contributed by atoms with van der Waals surface area (Å²) in [6.07, 6.45) is 2.46. The number of rotatable bonds is 7. The van der Waals surface area contributed by atoms with E-state index in [0.29, 0.717) is 54.9 Å². The number of carboxylic acid groups (broad SMARTS) is 1. The van der Waals surface area contributed by atoms with E-state index in [1.807, 2.05) is 6.07 Å². The summed E-state index contributed by atoms with van der Waals surface area (Å²) in [6, 6.07) is 10.2. The van der Waals surface area contributed by atoms with E-state index in [2.05, 4.69) is 26.0 Å². The molecule has 0 atom stereocenters. The Labute approximate surface area is 264 Å². The number of halogens is 2. The van der Waals surface area contributed by atoms with Crippen LogP contribution < -0.4 is 10.3 Å². The highest BCUT2D eigenvalue weighted by Crippen LogP contribution is 2.40. The van der Waals surface area contributed by atoms with Gasteiger partial charge in [-0.25, -0.2) is 14.2 Å². The Balaban J connectivity index is 1.37. The predicted molar refractivity (Wildman–Crippen MR) is 168 cm³/mol. The lowest BCUT2D eigenvalue weighted by molar-refractivity contribution is 0.0699. The van der Waals surface area contributed by atoms with Gasteiger partial charge in [-0.05, 0) is 51.1 Å². The zero-order chi connectivity index (χ0) is 32.0. The van der Waals surface area contributed by atoms with Crippen molar-refractivity contribution in [3.05, 3.63) is 97.6 Å². The lowest BCUT2D eigenvalue weighted by atomic mass is 10.0. The number of carbonyl (C=O) groups is 1. The maximum Gasteiger partial charge on any atom is 0.338 e. The Kier molecular flexibility index (Phi) is 7.74. The molecule has 0 spiro atoms. The van der Waals surface area contributed by atoms with Crippen LogP contribution in [0.4, 0.5) is 4.39 Å². The summed E-state index contributed by atoms with van der Waals surface area (Å²) in [5.41, 5.74) is 3.13. The highest BCUT2D eigenvalue weighted by Gasteiger charge is 2.21. The van der Waals surface area contributed by atoms with E-state index in [1.165, 1.54) is 28.2 Å². The van der Waals surface area contributed by atoms with E-state index < -0.39 is 17.3 Å². The number of thiophene rings is 1. The second kappa shape index (κ2) is 11.7. The summed E-state index contributed by atoms with van der Waals surface area (Å²) < 4.78 is 22.3. The Morgan fingerprint density at radius 2 is 1.91 bits per heavy atom. The number of fused-ring (bicyclic) bond motifs is 2. The Hall–Kier alpha value is -5.25. The minimum atomic E-state index is -1.07. The van der Waals surface area contributed by atoms with Gasteiger partial charge in [0, 0.05) is 38.5 Å². The summed E-state index contributed by atoms with van der Waals surface area (Å²) in [7, 11) is 0. The quantitative estimate of drug-likeness (QED) is 0.207. The molecular weight excluding hydrogens is 619 g/mol. The largest absolute Gasteiger partial charge is 0.491 e. The van der Waals surface area contributed by atoms with E-state index in [-0.39, 0.29) is 40.9 Å². The second-order valence-corrected chi connectivity index (χ2v) is 11.5. The molecule has 13 heteroatoms. The molecule has 0 unspecified atom stereocenters. The molecule has 0 bridgehead atoms. The first kappa shape index (κ1) is 29.8. The van der Waals surface area contributed by atoms with Gasteiger partial charge in [-0.2, -0.15) is 5.26 Å². The van der Waals surface area contributed by atoms with Gasteiger partial charge >= 0.3 is 5.97 Å². The van der Waals surface area contributed by atoms with Crippen molar-refractivity contribution >= 4 is 50.0 Å². The van der Waals surface area contributed by atoms with Crippen LogP contribution >= 0.6 is 22.9 Å². The number of pyridine rings is 3. The smallest absolute Gasteiger partial charge is 0.338 e. The van der Waals surface area contributed by atoms with Crippen LogP contribution in [-0.4, -0.2) is 42.2 Å². The number of hydrogen-bond donors (Lipinski definition) is 1. The summed E-state index contributed by atoms with van der Waals surface area (Å²) >= 11 is 7.64. The molecule has 0 fully saturated rings. The van der Waals surface area contributed by atoms with E-state index in [9.17, 15) is 24.3 Å². The van der Waals surface area contributed by atoms with Gasteiger partial charge in [0.1, 0.15) is 30.1 Å². The van der Waals surface area contributed by atoms with Crippen molar-refractivity contribution in [3.8, 4) is 34.2 Å². The third-order valence-corrected chi connectivity index (χ3v) is 8.53. The van der Waals surface area contributed by atoms with Gasteiger partial charge in [0.05, 0.1) is 56.9 Å². The zero-order valence-corrected chi connectivity index (χ0v) is 25.6. The fourth-order valence-corrected chi connectivity index (χ4v) is 6.40. The van der Waals surface area contributed by atoms with Crippen molar-refractivity contribution in [2.75, 3.05) is 6.61 Å². The fraction of sp³-hybridized carbons (Fsp3) is 0.156. The van der Waals surface area contributed by atoms with E-state index in [0.717, 1.165) is 6.20 Å². The first-order valence-corrected chi connectivity index (χ1v) is 14.8. The summed E-state index contributed by atoms with van der Waals surface area (Å²) in [5.74, 6) is -0.804. The molecule has 0 saturated heterocycles. The third kappa shape index (κ3) is 5.37. The second-order valence-electron chi connectivity index (χ2n) is 10.2. The number of nitrogens with zero attached hydrogens (tertiary/aromatic N) is 6. The van der Waals surface area contributed by atoms with Crippen LogP contribution in [0.5, 0.6) is 5.75 Å². The molecular formula is C32H22ClFN6O4S. The number of nitriles is 1. The normalized spacial score (nSPS) is 11.2. The monoisotopic (exact) mass is 640 g/mol. The van der Waals surface area contributed by atoms with Crippen molar-refractivity contribution in [2.45, 2.75) is 27.3 Å². The number of benzene rings is 1. The van der Waals surface area contributed by atoms with Crippen LogP contribution in [0.15, 0.2) is 52.9 Å². The summed E-state index contributed by atoms with van der Waals surface area (Å²) in [5, 5.41) is 21.8. The third-order valence-electron chi connectivity index (χ3n) is 7.30. The molecule has 6 rings (SSSR count). The Bertz CT molecular complexity index is 2300. The van der Waals surface area contributed by atoms with Gasteiger partial charge in [-0.3, -0.25) is 24.3 Å². The highest BCUT2D eigenvalue weighted by atomic mass is 35.5. The molecule has 0 saturated carbocycles. The molecule has 0 aliphatic rings. The van der Waals surface area contributed by atoms with E-state index in [4.69, 9.17) is 16.3 Å². The van der Waals surface area contributed by atoms with Gasteiger partial charge in [-0.15, -0.1) is 11.3 Å². The lowest BCUT2D eigenvalue weighted by Crippen LogP contribution is -2.27. The Morgan fingerprint density at radius 1 is 1.11 bits per heavy atom. The van der Waals surface area contributed by atoms with Crippen LogP contribution in [0, 0.1) is 37.9 Å². The van der Waals surface area contributed by atoms with Crippen LogP contribution in [0.1, 0.15) is 33.1 Å². The molecule has 10 nitrogen and oxygen atoms in total. The molecule has 6 aromatic rings. The average molecular weight is 641 g/mol. The van der Waals surface area contributed by atoms with Crippen LogP contribution in [-0.2, 0) is 6.54 Å². The van der Waals surface area contributed by atoms with Crippen molar-refractivity contribution in [2.24, 2.45) is 0 Å². The number of hydrogen-bond acceptors (Lipinski definition) is 9. The molecule has 1 aromatic carbocycles. The molecule has 1 N–H and O–H groups in total. The average Bonchev–Trinajstić information content (AvgIpc) is 3.44. The van der Waals surface area contributed by atoms with Crippen molar-refractivity contribution < 1.29 is 19.0 Å². The van der Waals surface area contributed by atoms with Crippen LogP contribution in [0.2, 0.25) is 5.02 Å². The molecule has 0 aliphatic carbocycles. The molecule has 0 aliphatic heterocycles. The van der Waals surface area contributed by atoms with Gasteiger partial charge in [0.25, 0.3) is 5.56 Å². The molecule has 0 radical (unpaired) electrons. The first-order valence-electron chi connectivity index (χ1n) is 13.5. The molecule has 45 heavy (non-hydrogen) atoms. The van der Waals surface area contributed by atoms with Crippen LogP contribution in [0.3, 0.4) is 0 Å². The maximum atomic E-state index is 14.0. The van der Waals surface area contributed by atoms with E-state index in [1.54, 1.807) is 44.4 Å². The van der Waals surface area contributed by atoms with Crippen LogP contribution in [0.25, 0.3) is 43.5 Å². The summed E-state index contributed by atoms with van der Waals surface area (Å²) in [6.45, 7) is 5.25. The zero-order valence-electron chi connectivity index (χ0n) is 24.1. The first-order chi connectivity index (χ1) is 21.6. The van der Waals surface area contributed by atoms with E-state index >= 15 is 0 Å². The Morgan fingerprint density at radius 3 is 2.67 bits per heavy atom. The number of ether oxygens (including phenoxy) is 1. The summed E-state index contributed by atoms with van der Waals surface area (Å²) in [4.78, 5) is 42.9. The fourth-order valence-electron chi connectivity index (χ4n) is 5.22. The van der Waals surface area contributed by atoms with Gasteiger partial charge in [0.15, 0.2) is 0 Å². The maximum absolute atomic E-state index is 14.0. The molecule has 5 heterocycles. The minimum absolute atomic E-state index is 0.0242. The topological polar surface area (TPSA) is 144 Å². The standard InChI is InChI=1S/C32H22ClFN6O4S/c1-15-8-22(30-29(38-15)24(14-45-30)32(42)43)21-9-18(33)4-5-26(21)44-7-6-40-17(3)39-25-13-37-28(23(11-35)27(25)31(40)41)20-10-19(34)12-36-16(20)2/h4-5,8-10,12-14H,6-7H2,1-3H3,(H,42,43). The predicted octanol–water partition coefficient (Wildman–Crippen LogP) is 6.50. The lowest BCUT2D eigenvalue weighted by Gasteiger charge is -2.16. The SMILES string of the molecule is Cc1cc(-c2cc(Cl)ccc2OCCn2c(C)nc3cnc(-c4cc(F)cnc4C)c(C#N)c3c2=O)c2scc(C(=O)O)c2n1. The molecule has 0 amide bonds. The minimum Gasteiger partial charge on any atom is -0.491 e. The molecule has 224 valence electrons. The van der Waals surface area contributed by atoms with Gasteiger partial charge < -0.3 is 9.84 Å². The molecule has 5 aromatic heterocycles. The number of aromatic carboxylic acids is 1. The number of carboxylic acids is 1. The van der Waals surface area contributed by atoms with Crippen molar-refractivity contribution in [3.63, 3.8) is 0 Å². The van der Waals surface area contributed by atoms with Crippen molar-refractivity contribution in [1.82, 2.24) is 24.5 Å². The number of aromatic nitrogens is 5.